The maximum absolute atomic E-state index is 12.4. The Labute approximate surface area is 121 Å². The van der Waals surface area contributed by atoms with Gasteiger partial charge in [-0.3, -0.25) is 4.79 Å². The summed E-state index contributed by atoms with van der Waals surface area (Å²) in [7, 11) is 0. The molecule has 1 fully saturated rings. The van der Waals surface area contributed by atoms with Gasteiger partial charge in [-0.25, -0.2) is 0 Å². The Hall–Kier alpha value is -1.06. The second-order valence-corrected chi connectivity index (χ2v) is 4.84. The van der Waals surface area contributed by atoms with Crippen molar-refractivity contribution in [2.24, 2.45) is 0 Å². The molecular weight excluding hydrogens is 260 g/mol. The second-order valence-electron chi connectivity index (χ2n) is 4.84. The molecule has 1 unspecified atom stereocenters. The zero-order chi connectivity index (χ0) is 12.8. The van der Waals surface area contributed by atoms with Crippen LogP contribution in [0.25, 0.3) is 0 Å². The molecule has 1 aliphatic heterocycles. The summed E-state index contributed by atoms with van der Waals surface area (Å²) in [4.78, 5) is 14.3. The van der Waals surface area contributed by atoms with Gasteiger partial charge in [-0.15, -0.1) is 12.4 Å². The fraction of sp³-hybridized carbons (Fsp3) is 0.533. The first-order valence-electron chi connectivity index (χ1n) is 6.87. The third-order valence-corrected chi connectivity index (χ3v) is 3.52. The Balaban J connectivity index is 0.00000180. The summed E-state index contributed by atoms with van der Waals surface area (Å²) in [5.41, 5.74) is 1.20. The SMILES string of the molecule is CCN(Cc1ccccc1)C(=O)C1CCCCN1.Cl. The molecule has 19 heavy (non-hydrogen) atoms. The number of hydrogen-bond donors (Lipinski definition) is 1. The molecular formula is C15H23ClN2O. The number of likely N-dealkylation sites (N-methyl/N-ethyl adjacent to an activating group) is 1. The monoisotopic (exact) mass is 282 g/mol. The lowest BCUT2D eigenvalue weighted by atomic mass is 10.0. The van der Waals surface area contributed by atoms with Crippen LogP contribution in [0.5, 0.6) is 0 Å². The minimum absolute atomic E-state index is 0. The number of nitrogens with zero attached hydrogens (tertiary/aromatic N) is 1. The Morgan fingerprint density at radius 1 is 1.32 bits per heavy atom. The molecule has 1 amide bonds. The maximum Gasteiger partial charge on any atom is 0.239 e. The van der Waals surface area contributed by atoms with Crippen LogP contribution in [0.3, 0.4) is 0 Å². The van der Waals surface area contributed by atoms with Crippen molar-refractivity contribution in [1.29, 1.82) is 0 Å². The van der Waals surface area contributed by atoms with Gasteiger partial charge in [0.1, 0.15) is 0 Å². The lowest BCUT2D eigenvalue weighted by Gasteiger charge is -2.29. The van der Waals surface area contributed by atoms with Crippen molar-refractivity contribution in [2.45, 2.75) is 38.8 Å². The predicted molar refractivity (Wildman–Crippen MR) is 80.4 cm³/mol. The van der Waals surface area contributed by atoms with Crippen LogP contribution in [0, 0.1) is 0 Å². The van der Waals surface area contributed by atoms with Crippen molar-refractivity contribution < 1.29 is 4.79 Å². The highest BCUT2D eigenvalue weighted by atomic mass is 35.5. The average molecular weight is 283 g/mol. The molecule has 1 aliphatic rings. The highest BCUT2D eigenvalue weighted by Gasteiger charge is 2.24. The molecule has 2 rings (SSSR count). The fourth-order valence-electron chi connectivity index (χ4n) is 2.43. The standard InChI is InChI=1S/C15H22N2O.ClH/c1-2-17(12-13-8-4-3-5-9-13)15(18)14-10-6-7-11-16-14;/h3-5,8-9,14,16H,2,6-7,10-12H2,1H3;1H. The Bertz CT molecular complexity index is 377. The molecule has 0 aliphatic carbocycles. The molecule has 1 heterocycles. The molecule has 0 saturated carbocycles. The Morgan fingerprint density at radius 3 is 2.63 bits per heavy atom. The first kappa shape index (κ1) is 16.0. The van der Waals surface area contributed by atoms with E-state index in [0.717, 1.165) is 25.9 Å². The van der Waals surface area contributed by atoms with E-state index < -0.39 is 0 Å². The van der Waals surface area contributed by atoms with Crippen LogP contribution in [-0.2, 0) is 11.3 Å². The third-order valence-electron chi connectivity index (χ3n) is 3.52. The van der Waals surface area contributed by atoms with Gasteiger partial charge in [0, 0.05) is 13.1 Å². The normalized spacial score (nSPS) is 18.5. The van der Waals surface area contributed by atoms with Gasteiger partial charge in [-0.2, -0.15) is 0 Å². The van der Waals surface area contributed by atoms with E-state index in [9.17, 15) is 4.79 Å². The van der Waals surface area contributed by atoms with E-state index in [-0.39, 0.29) is 24.4 Å². The minimum atomic E-state index is 0. The van der Waals surface area contributed by atoms with E-state index >= 15 is 0 Å². The van der Waals surface area contributed by atoms with Crippen LogP contribution in [0.1, 0.15) is 31.7 Å². The zero-order valence-corrected chi connectivity index (χ0v) is 12.3. The topological polar surface area (TPSA) is 32.3 Å². The van der Waals surface area contributed by atoms with E-state index in [1.54, 1.807) is 0 Å². The second kappa shape index (κ2) is 8.18. The van der Waals surface area contributed by atoms with Gasteiger partial charge in [0.25, 0.3) is 0 Å². The minimum Gasteiger partial charge on any atom is -0.337 e. The van der Waals surface area contributed by atoms with Gasteiger partial charge in [-0.05, 0) is 31.9 Å². The summed E-state index contributed by atoms with van der Waals surface area (Å²) in [6, 6.07) is 10.2. The number of halogens is 1. The first-order valence-corrected chi connectivity index (χ1v) is 6.87. The molecule has 0 aromatic heterocycles. The van der Waals surface area contributed by atoms with Gasteiger partial charge < -0.3 is 10.2 Å². The van der Waals surface area contributed by atoms with E-state index in [4.69, 9.17) is 0 Å². The van der Waals surface area contributed by atoms with E-state index in [2.05, 4.69) is 17.4 Å². The van der Waals surface area contributed by atoms with Crippen LogP contribution in [0.4, 0.5) is 0 Å². The number of nitrogens with one attached hydrogen (secondary N) is 1. The molecule has 0 radical (unpaired) electrons. The number of benzene rings is 1. The smallest absolute Gasteiger partial charge is 0.239 e. The molecule has 1 aromatic rings. The van der Waals surface area contributed by atoms with E-state index in [1.807, 2.05) is 30.0 Å². The summed E-state index contributed by atoms with van der Waals surface area (Å²) >= 11 is 0. The molecule has 1 saturated heterocycles. The first-order chi connectivity index (χ1) is 8.81. The van der Waals surface area contributed by atoms with Gasteiger partial charge in [0.2, 0.25) is 5.91 Å². The lowest BCUT2D eigenvalue weighted by molar-refractivity contribution is -0.134. The quantitative estimate of drug-likeness (QED) is 0.921. The summed E-state index contributed by atoms with van der Waals surface area (Å²) < 4.78 is 0. The average Bonchev–Trinajstić information content (AvgIpc) is 2.46. The zero-order valence-electron chi connectivity index (χ0n) is 11.5. The summed E-state index contributed by atoms with van der Waals surface area (Å²) in [5, 5.41) is 3.33. The van der Waals surface area contributed by atoms with Crippen LogP contribution in [-0.4, -0.2) is 29.9 Å². The summed E-state index contributed by atoms with van der Waals surface area (Å²) in [6.45, 7) is 4.50. The highest BCUT2D eigenvalue weighted by molar-refractivity contribution is 5.85. The van der Waals surface area contributed by atoms with Crippen LogP contribution >= 0.6 is 12.4 Å². The Morgan fingerprint density at radius 2 is 2.05 bits per heavy atom. The maximum atomic E-state index is 12.4. The molecule has 106 valence electrons. The number of carbonyl (C=O) groups excluding carboxylic acids is 1. The van der Waals surface area contributed by atoms with Crippen molar-refractivity contribution in [1.82, 2.24) is 10.2 Å². The molecule has 0 bridgehead atoms. The molecule has 4 heteroatoms. The number of piperidine rings is 1. The largest absolute Gasteiger partial charge is 0.337 e. The molecule has 1 aromatic carbocycles. The fourth-order valence-corrected chi connectivity index (χ4v) is 2.43. The molecule has 1 N–H and O–H groups in total. The number of rotatable bonds is 4. The van der Waals surface area contributed by atoms with Crippen LogP contribution in [0.2, 0.25) is 0 Å². The number of hydrogen-bond acceptors (Lipinski definition) is 2. The van der Waals surface area contributed by atoms with Crippen molar-refractivity contribution in [3.05, 3.63) is 35.9 Å². The van der Waals surface area contributed by atoms with E-state index in [0.29, 0.717) is 6.54 Å². The Kier molecular flexibility index (Phi) is 6.89. The number of carbonyl (C=O) groups is 1. The van der Waals surface area contributed by atoms with Gasteiger partial charge in [0.05, 0.1) is 6.04 Å². The molecule has 1 atom stereocenters. The van der Waals surface area contributed by atoms with Gasteiger partial charge >= 0.3 is 0 Å². The summed E-state index contributed by atoms with van der Waals surface area (Å²) in [5.74, 6) is 0.251. The van der Waals surface area contributed by atoms with Crippen molar-refractivity contribution in [2.75, 3.05) is 13.1 Å². The van der Waals surface area contributed by atoms with Crippen molar-refractivity contribution in [3.8, 4) is 0 Å². The number of amides is 1. The third kappa shape index (κ3) is 4.51. The van der Waals surface area contributed by atoms with Crippen molar-refractivity contribution in [3.63, 3.8) is 0 Å². The van der Waals surface area contributed by atoms with Gasteiger partial charge in [0.15, 0.2) is 0 Å². The predicted octanol–water partition coefficient (Wildman–Crippen LogP) is 2.60. The highest BCUT2D eigenvalue weighted by Crippen LogP contribution is 2.12. The molecule has 0 spiro atoms. The van der Waals surface area contributed by atoms with Crippen LogP contribution in [0.15, 0.2) is 30.3 Å². The van der Waals surface area contributed by atoms with Crippen LogP contribution < -0.4 is 5.32 Å². The lowest BCUT2D eigenvalue weighted by Crippen LogP contribution is -2.48. The van der Waals surface area contributed by atoms with E-state index in [1.165, 1.54) is 12.0 Å². The summed E-state index contributed by atoms with van der Waals surface area (Å²) in [6.07, 6.45) is 3.32. The van der Waals surface area contributed by atoms with Gasteiger partial charge in [-0.1, -0.05) is 36.8 Å². The molecule has 3 nitrogen and oxygen atoms in total. The van der Waals surface area contributed by atoms with Crippen molar-refractivity contribution >= 4 is 18.3 Å².